The van der Waals surface area contributed by atoms with Gasteiger partial charge in [-0.15, -0.1) is 11.3 Å². The third kappa shape index (κ3) is 6.62. The van der Waals surface area contributed by atoms with Crippen molar-refractivity contribution in [1.82, 2.24) is 10.0 Å². The molecule has 13 heteroatoms. The second kappa shape index (κ2) is 11.7. The Morgan fingerprint density at radius 2 is 1.65 bits per heavy atom. The highest BCUT2D eigenvalue weighted by Gasteiger charge is 2.33. The lowest BCUT2D eigenvalue weighted by Crippen LogP contribution is -2.35. The van der Waals surface area contributed by atoms with Crippen LogP contribution in [0.5, 0.6) is 0 Å². The van der Waals surface area contributed by atoms with Gasteiger partial charge in [0, 0.05) is 0 Å². The molecule has 0 bridgehead atoms. The van der Waals surface area contributed by atoms with Crippen LogP contribution in [0, 0.1) is 6.92 Å². The lowest BCUT2D eigenvalue weighted by molar-refractivity contribution is -0.147. The van der Waals surface area contributed by atoms with Gasteiger partial charge in [0.15, 0.2) is 10.8 Å². The Kier molecular flexibility index (Phi) is 9.29. The van der Waals surface area contributed by atoms with Crippen LogP contribution in [0.4, 0.5) is 0 Å². The molecule has 0 saturated heterocycles. The summed E-state index contributed by atoms with van der Waals surface area (Å²) < 4.78 is 41.0. The molecule has 0 aliphatic rings. The molecule has 1 aromatic heterocycles. The maximum atomic E-state index is 12.7. The number of sulfonamides is 1. The molecule has 0 aliphatic heterocycles. The van der Waals surface area contributed by atoms with Crippen molar-refractivity contribution in [3.8, 4) is 0 Å². The van der Waals surface area contributed by atoms with Crippen LogP contribution in [0.25, 0.3) is 0 Å². The van der Waals surface area contributed by atoms with E-state index in [4.69, 9.17) is 4.74 Å². The number of nitrogens with one attached hydrogen (secondary N) is 2. The molecule has 0 unspecified atom stereocenters. The Bertz CT molecular complexity index is 1170. The molecule has 11 nitrogen and oxygen atoms in total. The molecule has 1 aromatic carbocycles. The second-order valence-corrected chi connectivity index (χ2v) is 9.87. The Labute approximate surface area is 200 Å². The van der Waals surface area contributed by atoms with Crippen molar-refractivity contribution in [1.29, 1.82) is 0 Å². The van der Waals surface area contributed by atoms with Gasteiger partial charge in [0.25, 0.3) is 15.9 Å². The van der Waals surface area contributed by atoms with E-state index >= 15 is 0 Å². The number of carbonyl (C=O) groups is 4. The Morgan fingerprint density at radius 1 is 1.03 bits per heavy atom. The van der Waals surface area contributed by atoms with E-state index in [2.05, 4.69) is 14.8 Å². The van der Waals surface area contributed by atoms with Gasteiger partial charge in [0.2, 0.25) is 0 Å². The summed E-state index contributed by atoms with van der Waals surface area (Å²) in [6, 6.07) is 8.80. The Morgan fingerprint density at radius 3 is 2.24 bits per heavy atom. The monoisotopic (exact) mass is 512 g/mol. The molecule has 2 aromatic rings. The fraction of sp³-hybridized carbons (Fsp3) is 0.333. The van der Waals surface area contributed by atoms with E-state index in [1.165, 1.54) is 6.92 Å². The highest BCUT2D eigenvalue weighted by Crippen LogP contribution is 2.33. The molecule has 1 atom stereocenters. The zero-order valence-corrected chi connectivity index (χ0v) is 20.5. The van der Waals surface area contributed by atoms with Crippen molar-refractivity contribution in [2.24, 2.45) is 0 Å². The van der Waals surface area contributed by atoms with Gasteiger partial charge in [-0.3, -0.25) is 9.59 Å². The van der Waals surface area contributed by atoms with Crippen molar-refractivity contribution in [2.45, 2.75) is 24.1 Å². The summed E-state index contributed by atoms with van der Waals surface area (Å²) in [5.74, 6) is -3.40. The molecule has 1 heterocycles. The lowest BCUT2D eigenvalue weighted by Gasteiger charge is -2.14. The van der Waals surface area contributed by atoms with Gasteiger partial charge < -0.3 is 19.5 Å². The fourth-order valence-electron chi connectivity index (χ4n) is 2.83. The summed E-state index contributed by atoms with van der Waals surface area (Å²) >= 11 is 0.502. The third-order valence-electron chi connectivity index (χ3n) is 4.57. The maximum Gasteiger partial charge on any atom is 0.348 e. The van der Waals surface area contributed by atoms with Gasteiger partial charge in [0.1, 0.15) is 11.4 Å². The van der Waals surface area contributed by atoms with Crippen LogP contribution < -0.4 is 10.0 Å². The second-order valence-electron chi connectivity index (χ2n) is 6.89. The number of methoxy groups -OCH3 is 2. The first kappa shape index (κ1) is 27.0. The van der Waals surface area contributed by atoms with Crippen LogP contribution >= 0.6 is 11.3 Å². The normalized spacial score (nSPS) is 11.9. The summed E-state index contributed by atoms with van der Waals surface area (Å²) in [6.07, 6.45) is 0. The van der Waals surface area contributed by atoms with Gasteiger partial charge in [-0.2, -0.15) is 4.72 Å². The van der Waals surface area contributed by atoms with Gasteiger partial charge in [-0.25, -0.2) is 18.0 Å². The topological polar surface area (TPSA) is 154 Å². The number of hydrogen-bond donors (Lipinski definition) is 2. The molecule has 184 valence electrons. The number of esters is 3. The quantitative estimate of drug-likeness (QED) is 0.354. The minimum absolute atomic E-state index is 0.0656. The first-order valence-corrected chi connectivity index (χ1v) is 12.1. The number of ether oxygens (including phenoxy) is 3. The van der Waals surface area contributed by atoms with Crippen LogP contribution in [-0.2, 0) is 33.8 Å². The molecule has 0 aliphatic carbocycles. The largest absolute Gasteiger partial charge is 0.465 e. The van der Waals surface area contributed by atoms with E-state index in [1.54, 1.807) is 6.92 Å². The molecule has 2 rings (SSSR count). The van der Waals surface area contributed by atoms with E-state index in [1.807, 2.05) is 35.1 Å². The molecule has 0 saturated carbocycles. The number of rotatable bonds is 10. The standard InChI is InChI=1S/C21H24N2O9S2/c1-12-17(19(26)30-3)21(33-18(12)20(27)31-4)34(28,29)22-10-16(25)32-11-15(24)23-13(2)14-8-6-5-7-9-14/h5-9,13,22H,10-11H2,1-4H3,(H,23,24)/t13-/m1/s1. The number of hydrogen-bond acceptors (Lipinski definition) is 10. The van der Waals surface area contributed by atoms with E-state index in [0.29, 0.717) is 11.3 Å². The summed E-state index contributed by atoms with van der Waals surface area (Å²) in [6.45, 7) is 1.70. The first-order chi connectivity index (χ1) is 16.0. The van der Waals surface area contributed by atoms with Crippen LogP contribution in [-0.4, -0.2) is 59.6 Å². The van der Waals surface area contributed by atoms with E-state index in [-0.39, 0.29) is 22.0 Å². The molecule has 0 radical (unpaired) electrons. The summed E-state index contributed by atoms with van der Waals surface area (Å²) in [7, 11) is -2.25. The molecule has 2 N–H and O–H groups in total. The van der Waals surface area contributed by atoms with E-state index < -0.39 is 51.2 Å². The van der Waals surface area contributed by atoms with Crippen molar-refractivity contribution in [2.75, 3.05) is 27.4 Å². The minimum atomic E-state index is -4.42. The number of benzene rings is 1. The molecule has 34 heavy (non-hydrogen) atoms. The Hall–Kier alpha value is -3.29. The van der Waals surface area contributed by atoms with Gasteiger partial charge in [-0.05, 0) is 25.0 Å². The zero-order chi connectivity index (χ0) is 25.5. The van der Waals surface area contributed by atoms with Crippen molar-refractivity contribution in [3.05, 3.63) is 51.9 Å². The molecular formula is C21H24N2O9S2. The molecular weight excluding hydrogens is 488 g/mol. The highest BCUT2D eigenvalue weighted by atomic mass is 32.2. The molecule has 0 fully saturated rings. The lowest BCUT2D eigenvalue weighted by atomic mass is 10.1. The minimum Gasteiger partial charge on any atom is -0.465 e. The number of thiophene rings is 1. The molecule has 0 spiro atoms. The van der Waals surface area contributed by atoms with E-state index in [0.717, 1.165) is 19.8 Å². The summed E-state index contributed by atoms with van der Waals surface area (Å²) in [5, 5.41) is 2.65. The van der Waals surface area contributed by atoms with E-state index in [9.17, 15) is 27.6 Å². The van der Waals surface area contributed by atoms with Crippen LogP contribution in [0.2, 0.25) is 0 Å². The maximum absolute atomic E-state index is 12.7. The van der Waals surface area contributed by atoms with Crippen molar-refractivity contribution in [3.63, 3.8) is 0 Å². The van der Waals surface area contributed by atoms with Crippen molar-refractivity contribution >= 4 is 45.2 Å². The average Bonchev–Trinajstić information content (AvgIpc) is 3.18. The van der Waals surface area contributed by atoms with Gasteiger partial charge >= 0.3 is 17.9 Å². The number of carbonyl (C=O) groups excluding carboxylic acids is 4. The zero-order valence-electron chi connectivity index (χ0n) is 18.9. The van der Waals surface area contributed by atoms with Gasteiger partial charge in [-0.1, -0.05) is 30.3 Å². The third-order valence-corrected chi connectivity index (χ3v) is 7.76. The predicted molar refractivity (Wildman–Crippen MR) is 121 cm³/mol. The van der Waals surface area contributed by atoms with Crippen LogP contribution in [0.15, 0.2) is 34.5 Å². The molecule has 1 amide bonds. The van der Waals surface area contributed by atoms with Crippen LogP contribution in [0.3, 0.4) is 0 Å². The first-order valence-electron chi connectivity index (χ1n) is 9.81. The average molecular weight is 513 g/mol. The number of amides is 1. The summed E-state index contributed by atoms with van der Waals surface area (Å²) in [5.41, 5.74) is 0.577. The fourth-order valence-corrected chi connectivity index (χ4v) is 5.58. The smallest absolute Gasteiger partial charge is 0.348 e. The Balaban J connectivity index is 2.02. The van der Waals surface area contributed by atoms with Crippen molar-refractivity contribution < 1.29 is 41.8 Å². The predicted octanol–water partition coefficient (Wildman–Crippen LogP) is 1.33. The van der Waals surface area contributed by atoms with Gasteiger partial charge in [0.05, 0.1) is 25.8 Å². The highest BCUT2D eigenvalue weighted by molar-refractivity contribution is 7.91. The van der Waals surface area contributed by atoms with Crippen LogP contribution in [0.1, 0.15) is 44.1 Å². The summed E-state index contributed by atoms with van der Waals surface area (Å²) in [4.78, 5) is 48.0. The SMILES string of the molecule is COC(=O)c1sc(S(=O)(=O)NCC(=O)OCC(=O)N[C@H](C)c2ccccc2)c(C(=O)OC)c1C.